The molecule has 1 unspecified atom stereocenters. The van der Waals surface area contributed by atoms with E-state index in [-0.39, 0.29) is 16.6 Å². The molecular formula is C10H15ClF3N3S. The molecule has 1 N–H and O–H groups in total. The summed E-state index contributed by atoms with van der Waals surface area (Å²) in [6, 6.07) is -0.0518. The monoisotopic (exact) mass is 301 g/mol. The first-order valence-electron chi connectivity index (χ1n) is 5.38. The maximum Gasteiger partial charge on any atom is 0.445 e. The summed E-state index contributed by atoms with van der Waals surface area (Å²) < 4.78 is 37.1. The SMILES string of the molecule is CC(C)(C)C(CCCl)Nc1nnc(C(F)(F)F)s1. The third kappa shape index (κ3) is 4.28. The van der Waals surface area contributed by atoms with E-state index in [1.54, 1.807) is 0 Å². The van der Waals surface area contributed by atoms with Crippen LogP contribution < -0.4 is 5.32 Å². The second kappa shape index (κ2) is 5.61. The number of alkyl halides is 4. The molecule has 0 radical (unpaired) electrons. The Balaban J connectivity index is 2.79. The van der Waals surface area contributed by atoms with Gasteiger partial charge in [-0.3, -0.25) is 0 Å². The standard InChI is InChI=1S/C10H15ClF3N3S/c1-9(2,3)6(4-5-11)15-8-17-16-7(18-8)10(12,13)14/h6H,4-5H2,1-3H3,(H,15,17). The van der Waals surface area contributed by atoms with Crippen LogP contribution in [0.15, 0.2) is 0 Å². The Morgan fingerprint density at radius 3 is 2.28 bits per heavy atom. The number of anilines is 1. The summed E-state index contributed by atoms with van der Waals surface area (Å²) in [6.07, 6.45) is -3.80. The highest BCUT2D eigenvalue weighted by Crippen LogP contribution is 2.34. The fraction of sp³-hybridized carbons (Fsp3) is 0.800. The predicted octanol–water partition coefficient (Wildman–Crippen LogP) is 4.01. The summed E-state index contributed by atoms with van der Waals surface area (Å²) in [4.78, 5) is 0. The van der Waals surface area contributed by atoms with Crippen molar-refractivity contribution < 1.29 is 13.2 Å². The molecule has 104 valence electrons. The van der Waals surface area contributed by atoms with Crippen molar-refractivity contribution in [2.75, 3.05) is 11.2 Å². The van der Waals surface area contributed by atoms with Gasteiger partial charge < -0.3 is 5.32 Å². The summed E-state index contributed by atoms with van der Waals surface area (Å²) in [6.45, 7) is 5.97. The fourth-order valence-electron chi connectivity index (χ4n) is 1.38. The minimum absolute atomic E-state index is 0.0518. The van der Waals surface area contributed by atoms with E-state index < -0.39 is 11.2 Å². The molecule has 18 heavy (non-hydrogen) atoms. The molecule has 0 spiro atoms. The molecule has 0 bridgehead atoms. The van der Waals surface area contributed by atoms with Gasteiger partial charge in [0.2, 0.25) is 10.1 Å². The molecule has 0 aliphatic rings. The predicted molar refractivity (Wildman–Crippen MR) is 67.1 cm³/mol. The number of hydrogen-bond donors (Lipinski definition) is 1. The first-order valence-corrected chi connectivity index (χ1v) is 6.73. The van der Waals surface area contributed by atoms with Crippen molar-refractivity contribution in [1.82, 2.24) is 10.2 Å². The van der Waals surface area contributed by atoms with Crippen molar-refractivity contribution in [1.29, 1.82) is 0 Å². The lowest BCUT2D eigenvalue weighted by Crippen LogP contribution is -2.34. The van der Waals surface area contributed by atoms with Gasteiger partial charge in [0.15, 0.2) is 0 Å². The van der Waals surface area contributed by atoms with Crippen LogP contribution in [0.25, 0.3) is 0 Å². The maximum atomic E-state index is 12.4. The molecule has 3 nitrogen and oxygen atoms in total. The summed E-state index contributed by atoms with van der Waals surface area (Å²) in [5.74, 6) is 0.430. The smallest absolute Gasteiger partial charge is 0.357 e. The minimum atomic E-state index is -4.44. The molecule has 0 saturated heterocycles. The average Bonchev–Trinajstić information content (AvgIpc) is 2.63. The average molecular weight is 302 g/mol. The number of aromatic nitrogens is 2. The van der Waals surface area contributed by atoms with Crippen LogP contribution >= 0.6 is 22.9 Å². The van der Waals surface area contributed by atoms with Crippen LogP contribution in [-0.2, 0) is 6.18 Å². The van der Waals surface area contributed by atoms with Crippen LogP contribution in [0.1, 0.15) is 32.2 Å². The normalized spacial score (nSPS) is 14.6. The van der Waals surface area contributed by atoms with E-state index >= 15 is 0 Å². The lowest BCUT2D eigenvalue weighted by Gasteiger charge is -2.30. The Kier molecular flexibility index (Phi) is 4.83. The van der Waals surface area contributed by atoms with Gasteiger partial charge in [0.1, 0.15) is 0 Å². The van der Waals surface area contributed by atoms with Gasteiger partial charge in [-0.2, -0.15) is 13.2 Å². The van der Waals surface area contributed by atoms with Crippen LogP contribution in [0.5, 0.6) is 0 Å². The second-order valence-corrected chi connectivity index (χ2v) is 6.31. The lowest BCUT2D eigenvalue weighted by molar-refractivity contribution is -0.138. The van der Waals surface area contributed by atoms with E-state index in [1.165, 1.54) is 0 Å². The van der Waals surface area contributed by atoms with Crippen molar-refractivity contribution in [2.24, 2.45) is 5.41 Å². The second-order valence-electron chi connectivity index (χ2n) is 4.95. The number of halogens is 4. The van der Waals surface area contributed by atoms with E-state index in [2.05, 4.69) is 15.5 Å². The summed E-state index contributed by atoms with van der Waals surface area (Å²) >= 11 is 6.20. The van der Waals surface area contributed by atoms with Gasteiger partial charge in [-0.05, 0) is 11.8 Å². The first kappa shape index (κ1) is 15.5. The van der Waals surface area contributed by atoms with Gasteiger partial charge in [-0.1, -0.05) is 32.1 Å². The molecule has 8 heteroatoms. The van der Waals surface area contributed by atoms with Crippen LogP contribution in [0.2, 0.25) is 0 Å². The van der Waals surface area contributed by atoms with E-state index in [1.807, 2.05) is 20.8 Å². The molecular weight excluding hydrogens is 287 g/mol. The van der Waals surface area contributed by atoms with Crippen molar-refractivity contribution in [3.63, 3.8) is 0 Å². The number of nitrogens with one attached hydrogen (secondary N) is 1. The van der Waals surface area contributed by atoms with Crippen molar-refractivity contribution >= 4 is 28.1 Å². The molecule has 1 aromatic rings. The highest BCUT2D eigenvalue weighted by atomic mass is 35.5. The third-order valence-electron chi connectivity index (χ3n) is 2.41. The van der Waals surface area contributed by atoms with Crippen LogP contribution in [0.4, 0.5) is 18.3 Å². The van der Waals surface area contributed by atoms with E-state index in [9.17, 15) is 13.2 Å². The topological polar surface area (TPSA) is 37.8 Å². The van der Waals surface area contributed by atoms with Gasteiger partial charge in [0.25, 0.3) is 0 Å². The highest BCUT2D eigenvalue weighted by molar-refractivity contribution is 7.15. The zero-order chi connectivity index (χ0) is 14.0. The third-order valence-corrected chi connectivity index (χ3v) is 3.53. The molecule has 0 aromatic carbocycles. The molecule has 0 amide bonds. The van der Waals surface area contributed by atoms with Crippen molar-refractivity contribution in [3.05, 3.63) is 5.01 Å². The largest absolute Gasteiger partial charge is 0.445 e. The molecule has 0 saturated carbocycles. The zero-order valence-corrected chi connectivity index (χ0v) is 11.9. The van der Waals surface area contributed by atoms with Gasteiger partial charge in [0.05, 0.1) is 0 Å². The maximum absolute atomic E-state index is 12.4. The lowest BCUT2D eigenvalue weighted by atomic mass is 9.85. The molecule has 1 atom stereocenters. The quantitative estimate of drug-likeness (QED) is 0.854. The van der Waals surface area contributed by atoms with Crippen molar-refractivity contribution in [3.8, 4) is 0 Å². The van der Waals surface area contributed by atoms with Crippen molar-refractivity contribution in [2.45, 2.75) is 39.4 Å². The minimum Gasteiger partial charge on any atom is -0.357 e. The van der Waals surface area contributed by atoms with Crippen LogP contribution in [-0.4, -0.2) is 22.1 Å². The summed E-state index contributed by atoms with van der Waals surface area (Å²) in [5, 5.41) is 8.85. The van der Waals surface area contributed by atoms with Crippen LogP contribution in [0.3, 0.4) is 0 Å². The number of hydrogen-bond acceptors (Lipinski definition) is 4. The summed E-state index contributed by atoms with van der Waals surface area (Å²) in [5.41, 5.74) is -0.126. The van der Waals surface area contributed by atoms with Crippen LogP contribution in [0, 0.1) is 5.41 Å². The van der Waals surface area contributed by atoms with E-state index in [4.69, 9.17) is 11.6 Å². The van der Waals surface area contributed by atoms with E-state index in [0.29, 0.717) is 23.6 Å². The molecule has 0 fully saturated rings. The highest BCUT2D eigenvalue weighted by Gasteiger charge is 2.36. The van der Waals surface area contributed by atoms with Gasteiger partial charge in [-0.25, -0.2) is 0 Å². The van der Waals surface area contributed by atoms with Gasteiger partial charge in [0, 0.05) is 11.9 Å². The Morgan fingerprint density at radius 1 is 1.28 bits per heavy atom. The Bertz CT molecular complexity index is 386. The van der Waals surface area contributed by atoms with Gasteiger partial charge in [-0.15, -0.1) is 21.8 Å². The Labute approximate surface area is 113 Å². The molecule has 0 aliphatic heterocycles. The Hall–Kier alpha value is -0.560. The molecule has 1 aromatic heterocycles. The summed E-state index contributed by atoms with van der Waals surface area (Å²) in [7, 11) is 0. The molecule has 0 aliphatic carbocycles. The fourth-order valence-corrected chi connectivity index (χ4v) is 2.26. The first-order chi connectivity index (χ1) is 8.14. The molecule has 1 rings (SSSR count). The number of nitrogens with zero attached hydrogens (tertiary/aromatic N) is 2. The molecule has 1 heterocycles. The van der Waals surface area contributed by atoms with Gasteiger partial charge >= 0.3 is 6.18 Å². The Morgan fingerprint density at radius 2 is 1.89 bits per heavy atom. The number of rotatable bonds is 4. The van der Waals surface area contributed by atoms with E-state index in [0.717, 1.165) is 0 Å². The zero-order valence-electron chi connectivity index (χ0n) is 10.3.